The first-order valence-electron chi connectivity index (χ1n) is 41.4. The highest BCUT2D eigenvalue weighted by Crippen LogP contribution is 2.20. The normalized spacial score (nSPS) is 12.8. The van der Waals surface area contributed by atoms with E-state index in [1.165, 1.54) is 308 Å². The number of rotatable bonds is 77. The van der Waals surface area contributed by atoms with E-state index in [1.807, 2.05) is 0 Å². The van der Waals surface area contributed by atoms with E-state index >= 15 is 0 Å². The van der Waals surface area contributed by atoms with Gasteiger partial charge in [0.15, 0.2) is 6.10 Å². The van der Waals surface area contributed by atoms with E-state index in [9.17, 15) is 14.7 Å². The standard InChI is InChI=1S/C89H158O5/c1-3-5-7-9-11-13-15-17-19-21-23-25-27-29-31-33-35-37-39-41-43-44-46-48-50-52-54-56-58-60-62-64-66-68-70-72-74-76-78-80-82-84-89(92)94-87(85-90)86-93-88(91)83-81-79-77-75-73-71-69-67-65-63-61-59-57-55-53-51-49-47-45-42-40-38-36-34-32-30-28-26-24-22-20-18-16-14-12-10-8-6-4-2/h5,7,11,13,16-19,22-25,28-31,35,37,87,90H,3-4,6,8-10,12,14-15,20-21,26-27,32-34,36,38-86H2,1-2H3/b7-5-,13-11-,18-16-,19-17-,24-22-,25-23-,30-28-,31-29-,37-35-. The Morgan fingerprint density at radius 3 is 0.691 bits per heavy atom. The lowest BCUT2D eigenvalue weighted by molar-refractivity contribution is -0.161. The zero-order chi connectivity index (χ0) is 67.5. The van der Waals surface area contributed by atoms with E-state index in [0.717, 1.165) is 89.9 Å². The molecule has 5 nitrogen and oxygen atoms in total. The molecule has 0 radical (unpaired) electrons. The molecule has 0 aromatic carbocycles. The Hall–Kier alpha value is -3.44. The molecule has 0 saturated carbocycles. The largest absolute Gasteiger partial charge is 0.462 e. The Morgan fingerprint density at radius 2 is 0.457 bits per heavy atom. The van der Waals surface area contributed by atoms with Crippen molar-refractivity contribution in [2.45, 2.75) is 431 Å². The minimum atomic E-state index is -0.775. The molecule has 544 valence electrons. The Kier molecular flexibility index (Phi) is 80.7. The van der Waals surface area contributed by atoms with Crippen LogP contribution in [0.25, 0.3) is 0 Å². The number of carbonyl (C=O) groups excluding carboxylic acids is 2. The van der Waals surface area contributed by atoms with Gasteiger partial charge in [-0.3, -0.25) is 9.59 Å². The fourth-order valence-electron chi connectivity index (χ4n) is 12.4. The van der Waals surface area contributed by atoms with Crippen molar-refractivity contribution >= 4 is 11.9 Å². The molecule has 1 unspecified atom stereocenters. The molecule has 0 saturated heterocycles. The average molecular weight is 1310 g/mol. The number of unbranched alkanes of at least 4 members (excludes halogenated alkanes) is 51. The first-order chi connectivity index (χ1) is 46.6. The number of aliphatic hydroxyl groups is 1. The second kappa shape index (κ2) is 83.8. The Morgan fingerprint density at radius 1 is 0.255 bits per heavy atom. The summed E-state index contributed by atoms with van der Waals surface area (Å²) >= 11 is 0. The molecule has 0 bridgehead atoms. The van der Waals surface area contributed by atoms with E-state index in [1.54, 1.807) is 0 Å². The number of aliphatic hydroxyl groups excluding tert-OH is 1. The summed E-state index contributed by atoms with van der Waals surface area (Å²) in [5.74, 6) is -0.569. The molecule has 0 fully saturated rings. The van der Waals surface area contributed by atoms with Crippen LogP contribution in [0.4, 0.5) is 0 Å². The fourth-order valence-corrected chi connectivity index (χ4v) is 12.4. The first-order valence-corrected chi connectivity index (χ1v) is 41.4. The van der Waals surface area contributed by atoms with Gasteiger partial charge in [0.05, 0.1) is 6.61 Å². The molecule has 0 aliphatic heterocycles. The quantitative estimate of drug-likeness (QED) is 0.0373. The predicted octanol–water partition coefficient (Wildman–Crippen LogP) is 29.4. The molecule has 0 spiro atoms. The molecular formula is C89H158O5. The number of ether oxygens (including phenoxy) is 2. The van der Waals surface area contributed by atoms with Crippen LogP contribution in [0.5, 0.6) is 0 Å². The zero-order valence-corrected chi connectivity index (χ0v) is 62.7. The van der Waals surface area contributed by atoms with E-state index in [-0.39, 0.29) is 25.2 Å². The van der Waals surface area contributed by atoms with Gasteiger partial charge in [-0.2, -0.15) is 0 Å². The predicted molar refractivity (Wildman–Crippen MR) is 417 cm³/mol. The highest BCUT2D eigenvalue weighted by Gasteiger charge is 2.16. The zero-order valence-electron chi connectivity index (χ0n) is 62.7. The number of hydrogen-bond acceptors (Lipinski definition) is 5. The van der Waals surface area contributed by atoms with Crippen LogP contribution in [-0.4, -0.2) is 36.4 Å². The summed E-state index contributed by atoms with van der Waals surface area (Å²) in [6.45, 7) is 4.06. The molecule has 0 rings (SSSR count). The van der Waals surface area contributed by atoms with Gasteiger partial charge < -0.3 is 14.6 Å². The van der Waals surface area contributed by atoms with Crippen LogP contribution >= 0.6 is 0 Å². The maximum atomic E-state index is 12.4. The van der Waals surface area contributed by atoms with Crippen LogP contribution in [0.1, 0.15) is 425 Å². The van der Waals surface area contributed by atoms with Crippen molar-refractivity contribution in [2.75, 3.05) is 13.2 Å². The van der Waals surface area contributed by atoms with Gasteiger partial charge >= 0.3 is 11.9 Å². The van der Waals surface area contributed by atoms with Gasteiger partial charge in [0.25, 0.3) is 0 Å². The maximum Gasteiger partial charge on any atom is 0.306 e. The average Bonchev–Trinajstić information content (AvgIpc) is 3.77. The van der Waals surface area contributed by atoms with Crippen molar-refractivity contribution in [3.05, 3.63) is 109 Å². The molecule has 0 amide bonds. The summed E-state index contributed by atoms with van der Waals surface area (Å²) in [6.07, 6.45) is 122. The summed E-state index contributed by atoms with van der Waals surface area (Å²) in [6, 6.07) is 0. The molecule has 0 aromatic heterocycles. The molecule has 1 N–H and O–H groups in total. The van der Waals surface area contributed by atoms with Gasteiger partial charge in [0.2, 0.25) is 0 Å². The van der Waals surface area contributed by atoms with Crippen LogP contribution < -0.4 is 0 Å². The summed E-state index contributed by atoms with van der Waals surface area (Å²) in [7, 11) is 0. The van der Waals surface area contributed by atoms with Gasteiger partial charge in [0, 0.05) is 12.8 Å². The van der Waals surface area contributed by atoms with E-state index in [0.29, 0.717) is 12.8 Å². The van der Waals surface area contributed by atoms with E-state index < -0.39 is 6.10 Å². The van der Waals surface area contributed by atoms with Gasteiger partial charge in [-0.1, -0.05) is 419 Å². The number of hydrogen-bond donors (Lipinski definition) is 1. The molecule has 0 aliphatic carbocycles. The van der Waals surface area contributed by atoms with Crippen molar-refractivity contribution < 1.29 is 24.2 Å². The molecular weight excluding hydrogens is 1150 g/mol. The van der Waals surface area contributed by atoms with E-state index in [4.69, 9.17) is 9.47 Å². The third-order valence-corrected chi connectivity index (χ3v) is 18.6. The molecule has 5 heteroatoms. The second-order valence-electron chi connectivity index (χ2n) is 27.8. The molecule has 0 aliphatic rings. The minimum Gasteiger partial charge on any atom is -0.462 e. The number of allylic oxidation sites excluding steroid dienone is 18. The Labute approximate surface area is 586 Å². The third-order valence-electron chi connectivity index (χ3n) is 18.6. The van der Waals surface area contributed by atoms with Crippen molar-refractivity contribution in [1.82, 2.24) is 0 Å². The van der Waals surface area contributed by atoms with Gasteiger partial charge in [-0.05, 0) is 103 Å². The second-order valence-corrected chi connectivity index (χ2v) is 27.8. The summed E-state index contributed by atoms with van der Waals surface area (Å²) in [4.78, 5) is 24.7. The monoisotopic (exact) mass is 1310 g/mol. The topological polar surface area (TPSA) is 72.8 Å². The maximum absolute atomic E-state index is 12.4. The first kappa shape index (κ1) is 90.6. The fraction of sp³-hybridized carbons (Fsp3) is 0.775. The highest BCUT2D eigenvalue weighted by atomic mass is 16.6. The smallest absolute Gasteiger partial charge is 0.306 e. The lowest BCUT2D eigenvalue weighted by Crippen LogP contribution is -2.28. The van der Waals surface area contributed by atoms with Crippen molar-refractivity contribution in [3.8, 4) is 0 Å². The summed E-state index contributed by atoms with van der Waals surface area (Å²) < 4.78 is 10.8. The molecule has 1 atom stereocenters. The molecule has 0 heterocycles. The summed E-state index contributed by atoms with van der Waals surface area (Å²) in [5.41, 5.74) is 0. The van der Waals surface area contributed by atoms with Crippen molar-refractivity contribution in [1.29, 1.82) is 0 Å². The molecule has 0 aromatic rings. The van der Waals surface area contributed by atoms with Gasteiger partial charge in [0.1, 0.15) is 6.61 Å². The van der Waals surface area contributed by atoms with Crippen LogP contribution in [0.3, 0.4) is 0 Å². The lowest BCUT2D eigenvalue weighted by atomic mass is 10.0. The Balaban J connectivity index is 3.40. The number of esters is 2. The van der Waals surface area contributed by atoms with Crippen LogP contribution in [0.2, 0.25) is 0 Å². The van der Waals surface area contributed by atoms with Crippen molar-refractivity contribution in [3.63, 3.8) is 0 Å². The van der Waals surface area contributed by atoms with Gasteiger partial charge in [-0.15, -0.1) is 0 Å². The third kappa shape index (κ3) is 81.0. The van der Waals surface area contributed by atoms with E-state index in [2.05, 4.69) is 123 Å². The number of carbonyl (C=O) groups is 2. The summed E-state index contributed by atoms with van der Waals surface area (Å²) in [5, 5.41) is 9.74. The molecule has 94 heavy (non-hydrogen) atoms. The van der Waals surface area contributed by atoms with Gasteiger partial charge in [-0.25, -0.2) is 0 Å². The van der Waals surface area contributed by atoms with Crippen LogP contribution in [0.15, 0.2) is 109 Å². The van der Waals surface area contributed by atoms with Crippen LogP contribution in [0, 0.1) is 0 Å². The Bertz CT molecular complexity index is 1780. The van der Waals surface area contributed by atoms with Crippen molar-refractivity contribution in [2.24, 2.45) is 0 Å². The lowest BCUT2D eigenvalue weighted by Gasteiger charge is -2.15. The highest BCUT2D eigenvalue weighted by molar-refractivity contribution is 5.70. The SMILES string of the molecule is CC/C=C\C/C=C\C/C=C\C/C=C\C/C=C\C/C=C\CCCCCCCCCCCCCCCCCCCCCCCCC(=O)OC(CO)COC(=O)CCCCCCCCCCCCCCCCCCCCCCCCCC/C=C\C/C=C\C/C=C\CCCCCCC. The van der Waals surface area contributed by atoms with Crippen LogP contribution in [-0.2, 0) is 19.1 Å². The minimum absolute atomic E-state index is 0.0623.